The summed E-state index contributed by atoms with van der Waals surface area (Å²) < 4.78 is 26.7. The third kappa shape index (κ3) is 4.11. The third-order valence-corrected chi connectivity index (χ3v) is 4.01. The van der Waals surface area contributed by atoms with Gasteiger partial charge in [-0.25, -0.2) is 13.1 Å². The quantitative estimate of drug-likeness (QED) is 0.727. The van der Waals surface area contributed by atoms with Crippen molar-refractivity contribution >= 4 is 10.0 Å². The first kappa shape index (κ1) is 14.2. The van der Waals surface area contributed by atoms with Gasteiger partial charge in [-0.15, -0.1) is 0 Å². The van der Waals surface area contributed by atoms with E-state index in [0.29, 0.717) is 18.0 Å². The molecule has 1 rings (SSSR count). The summed E-state index contributed by atoms with van der Waals surface area (Å²) in [6.07, 6.45) is 1.83. The van der Waals surface area contributed by atoms with Crippen molar-refractivity contribution in [3.8, 4) is 0 Å². The highest BCUT2D eigenvalue weighted by molar-refractivity contribution is 7.89. The largest absolute Gasteiger partial charge is 0.316 e. The number of hydrogen-bond donors (Lipinski definition) is 2. The summed E-state index contributed by atoms with van der Waals surface area (Å²) in [7, 11) is -1.58. The first-order chi connectivity index (χ1) is 8.11. The topological polar surface area (TPSA) is 58.2 Å². The van der Waals surface area contributed by atoms with Gasteiger partial charge in [0.05, 0.1) is 4.90 Å². The average Bonchev–Trinajstić information content (AvgIpc) is 2.30. The van der Waals surface area contributed by atoms with Gasteiger partial charge in [0, 0.05) is 13.1 Å². The Labute approximate surface area is 103 Å². The van der Waals surface area contributed by atoms with E-state index in [1.807, 2.05) is 19.1 Å². The van der Waals surface area contributed by atoms with Crippen molar-refractivity contribution in [2.24, 2.45) is 0 Å². The summed E-state index contributed by atoms with van der Waals surface area (Å²) in [4.78, 5) is 0.366. The number of nitrogens with one attached hydrogen (secondary N) is 2. The number of rotatable bonds is 7. The summed E-state index contributed by atoms with van der Waals surface area (Å²) in [6.45, 7) is 3.07. The minimum atomic E-state index is -3.38. The van der Waals surface area contributed by atoms with Gasteiger partial charge in [-0.1, -0.05) is 31.5 Å². The van der Waals surface area contributed by atoms with Crippen LogP contribution in [0.1, 0.15) is 25.3 Å². The second-order valence-electron chi connectivity index (χ2n) is 3.89. The minimum absolute atomic E-state index is 0.366. The molecule has 5 heteroatoms. The zero-order valence-electron chi connectivity index (χ0n) is 10.4. The molecule has 0 atom stereocenters. The van der Waals surface area contributed by atoms with Crippen molar-refractivity contribution in [3.05, 3.63) is 29.8 Å². The summed E-state index contributed by atoms with van der Waals surface area (Å²) in [5.74, 6) is 0. The van der Waals surface area contributed by atoms with Crippen molar-refractivity contribution < 1.29 is 8.42 Å². The fraction of sp³-hybridized carbons (Fsp3) is 0.500. The van der Waals surface area contributed by atoms with Gasteiger partial charge in [0.15, 0.2) is 0 Å². The molecule has 0 aromatic heterocycles. The fourth-order valence-electron chi connectivity index (χ4n) is 1.56. The molecular formula is C12H20N2O2S. The second-order valence-corrected chi connectivity index (χ2v) is 5.62. The highest BCUT2D eigenvalue weighted by Crippen LogP contribution is 2.14. The van der Waals surface area contributed by atoms with E-state index in [1.54, 1.807) is 19.2 Å². The van der Waals surface area contributed by atoms with Crippen LogP contribution in [0.3, 0.4) is 0 Å². The second kappa shape index (κ2) is 6.74. The Morgan fingerprint density at radius 1 is 1.24 bits per heavy atom. The first-order valence-electron chi connectivity index (χ1n) is 5.84. The van der Waals surface area contributed by atoms with Crippen LogP contribution in [-0.4, -0.2) is 22.0 Å². The Morgan fingerprint density at radius 2 is 1.94 bits per heavy atom. The number of hydrogen-bond acceptors (Lipinski definition) is 3. The molecule has 0 aliphatic rings. The van der Waals surface area contributed by atoms with E-state index in [4.69, 9.17) is 0 Å². The van der Waals surface area contributed by atoms with Gasteiger partial charge < -0.3 is 5.32 Å². The molecule has 0 aliphatic carbocycles. The van der Waals surface area contributed by atoms with Crippen molar-refractivity contribution in [2.45, 2.75) is 31.2 Å². The average molecular weight is 256 g/mol. The molecule has 0 spiro atoms. The SMILES string of the molecule is CCCCNS(=O)(=O)c1ccccc1CNC. The van der Waals surface area contributed by atoms with E-state index in [0.717, 1.165) is 18.4 Å². The molecule has 0 saturated carbocycles. The zero-order valence-corrected chi connectivity index (χ0v) is 11.2. The maximum atomic E-state index is 12.1. The molecule has 17 heavy (non-hydrogen) atoms. The lowest BCUT2D eigenvalue weighted by molar-refractivity contribution is 0.576. The van der Waals surface area contributed by atoms with Crippen LogP contribution < -0.4 is 10.0 Å². The van der Waals surface area contributed by atoms with Gasteiger partial charge in [-0.3, -0.25) is 0 Å². The molecule has 0 bridgehead atoms. The Balaban J connectivity index is 2.89. The Hall–Kier alpha value is -0.910. The van der Waals surface area contributed by atoms with Crippen LogP contribution in [0.4, 0.5) is 0 Å². The van der Waals surface area contributed by atoms with Crippen molar-refractivity contribution in [1.82, 2.24) is 10.0 Å². The highest BCUT2D eigenvalue weighted by Gasteiger charge is 2.16. The van der Waals surface area contributed by atoms with E-state index < -0.39 is 10.0 Å². The lowest BCUT2D eigenvalue weighted by atomic mass is 10.2. The lowest BCUT2D eigenvalue weighted by Crippen LogP contribution is -2.26. The summed E-state index contributed by atoms with van der Waals surface area (Å²) in [6, 6.07) is 7.05. The van der Waals surface area contributed by atoms with Crippen LogP contribution >= 0.6 is 0 Å². The van der Waals surface area contributed by atoms with Crippen molar-refractivity contribution in [1.29, 1.82) is 0 Å². The monoisotopic (exact) mass is 256 g/mol. The van der Waals surface area contributed by atoms with Gasteiger partial charge in [0.2, 0.25) is 10.0 Å². The van der Waals surface area contributed by atoms with Crippen molar-refractivity contribution in [3.63, 3.8) is 0 Å². The van der Waals surface area contributed by atoms with Gasteiger partial charge >= 0.3 is 0 Å². The summed E-state index contributed by atoms with van der Waals surface area (Å²) >= 11 is 0. The standard InChI is InChI=1S/C12H20N2O2S/c1-3-4-9-14-17(15,16)12-8-6-5-7-11(12)10-13-2/h5-8,13-14H,3-4,9-10H2,1-2H3. The molecule has 1 aromatic rings. The van der Waals surface area contributed by atoms with Crippen LogP contribution in [0.25, 0.3) is 0 Å². The van der Waals surface area contributed by atoms with E-state index in [-0.39, 0.29) is 0 Å². The van der Waals surface area contributed by atoms with Crippen LogP contribution in [0.15, 0.2) is 29.2 Å². The maximum Gasteiger partial charge on any atom is 0.240 e. The van der Waals surface area contributed by atoms with E-state index in [1.165, 1.54) is 0 Å². The van der Waals surface area contributed by atoms with Crippen LogP contribution in [0, 0.1) is 0 Å². The van der Waals surface area contributed by atoms with Gasteiger partial charge in [-0.2, -0.15) is 0 Å². The van der Waals surface area contributed by atoms with E-state index in [2.05, 4.69) is 10.0 Å². The predicted molar refractivity (Wildman–Crippen MR) is 69.3 cm³/mol. The first-order valence-corrected chi connectivity index (χ1v) is 7.32. The van der Waals surface area contributed by atoms with Gasteiger partial charge in [-0.05, 0) is 25.1 Å². The Morgan fingerprint density at radius 3 is 2.59 bits per heavy atom. The number of sulfonamides is 1. The van der Waals surface area contributed by atoms with Gasteiger partial charge in [0.25, 0.3) is 0 Å². The fourth-order valence-corrected chi connectivity index (χ4v) is 2.88. The van der Waals surface area contributed by atoms with E-state index in [9.17, 15) is 8.42 Å². The molecule has 0 unspecified atom stereocenters. The molecule has 0 aliphatic heterocycles. The molecule has 0 amide bonds. The minimum Gasteiger partial charge on any atom is -0.316 e. The van der Waals surface area contributed by atoms with E-state index >= 15 is 0 Å². The molecular weight excluding hydrogens is 236 g/mol. The normalized spacial score (nSPS) is 11.6. The number of unbranched alkanes of at least 4 members (excludes halogenated alkanes) is 1. The van der Waals surface area contributed by atoms with Crippen LogP contribution in [0.2, 0.25) is 0 Å². The van der Waals surface area contributed by atoms with Crippen LogP contribution in [0.5, 0.6) is 0 Å². The van der Waals surface area contributed by atoms with Crippen molar-refractivity contribution in [2.75, 3.05) is 13.6 Å². The summed E-state index contributed by atoms with van der Waals surface area (Å²) in [5.41, 5.74) is 0.791. The lowest BCUT2D eigenvalue weighted by Gasteiger charge is -2.10. The maximum absolute atomic E-state index is 12.1. The molecule has 0 radical (unpaired) electrons. The van der Waals surface area contributed by atoms with Crippen LogP contribution in [-0.2, 0) is 16.6 Å². The predicted octanol–water partition coefficient (Wildman–Crippen LogP) is 1.48. The van der Waals surface area contributed by atoms with Gasteiger partial charge in [0.1, 0.15) is 0 Å². The smallest absolute Gasteiger partial charge is 0.240 e. The third-order valence-electron chi connectivity index (χ3n) is 2.45. The molecule has 2 N–H and O–H groups in total. The molecule has 96 valence electrons. The number of benzene rings is 1. The molecule has 1 aromatic carbocycles. The molecule has 0 heterocycles. The molecule has 0 fully saturated rings. The molecule has 4 nitrogen and oxygen atoms in total. The Kier molecular flexibility index (Phi) is 5.61. The molecule has 0 saturated heterocycles. The Bertz CT molecular complexity index is 444. The summed E-state index contributed by atoms with van der Waals surface area (Å²) in [5, 5.41) is 2.97. The highest BCUT2D eigenvalue weighted by atomic mass is 32.2. The zero-order chi connectivity index (χ0) is 12.7.